The monoisotopic (exact) mass is 405 g/mol. The molecule has 1 N–H and O–H groups in total. The summed E-state index contributed by atoms with van der Waals surface area (Å²) >= 11 is 0. The van der Waals surface area contributed by atoms with Gasteiger partial charge >= 0.3 is 0 Å². The minimum atomic E-state index is 0.0543. The Kier molecular flexibility index (Phi) is 6.04. The minimum absolute atomic E-state index is 0.0543. The summed E-state index contributed by atoms with van der Waals surface area (Å²) < 4.78 is 1.82. The van der Waals surface area contributed by atoms with Crippen LogP contribution in [-0.4, -0.2) is 63.3 Å². The zero-order chi connectivity index (χ0) is 20.9. The zero-order valence-electron chi connectivity index (χ0n) is 17.5. The van der Waals surface area contributed by atoms with Gasteiger partial charge in [0.15, 0.2) is 5.82 Å². The number of nitrogens with one attached hydrogen (secondary N) is 1. The summed E-state index contributed by atoms with van der Waals surface area (Å²) in [4.78, 5) is 25.8. The van der Waals surface area contributed by atoms with Crippen molar-refractivity contribution in [3.63, 3.8) is 0 Å². The van der Waals surface area contributed by atoms with E-state index in [4.69, 9.17) is 4.98 Å². The highest BCUT2D eigenvalue weighted by Crippen LogP contribution is 2.16. The first-order valence-electron chi connectivity index (χ1n) is 10.2. The first-order chi connectivity index (χ1) is 14.6. The van der Waals surface area contributed by atoms with E-state index in [0.717, 1.165) is 54.8 Å². The molecule has 1 aliphatic heterocycles. The summed E-state index contributed by atoms with van der Waals surface area (Å²) in [6.07, 6.45) is 3.52. The highest BCUT2D eigenvalue weighted by molar-refractivity contribution is 5.78. The van der Waals surface area contributed by atoms with Crippen LogP contribution in [0, 0.1) is 13.8 Å². The zero-order valence-corrected chi connectivity index (χ0v) is 17.5. The molecule has 0 atom stereocenters. The molecule has 1 saturated heterocycles. The standard InChI is InChI=1S/C22H27N7O/c1-17-12-18(2)29(26-17)21-15-23-14-20(25-21)28-10-8-27(9-11-28)16-22(30)24-13-19-6-4-3-5-7-19/h3-7,12,14-15H,8-11,13,16H2,1-2H3,(H,24,30). The maximum Gasteiger partial charge on any atom is 0.234 e. The topological polar surface area (TPSA) is 79.2 Å². The Labute approximate surface area is 176 Å². The molecule has 30 heavy (non-hydrogen) atoms. The molecule has 1 aliphatic rings. The number of nitrogens with zero attached hydrogens (tertiary/aromatic N) is 6. The Hall–Kier alpha value is -3.26. The smallest absolute Gasteiger partial charge is 0.234 e. The van der Waals surface area contributed by atoms with E-state index in [2.05, 4.69) is 25.2 Å². The molecule has 8 heteroatoms. The fraction of sp³-hybridized carbons (Fsp3) is 0.364. The van der Waals surface area contributed by atoms with Crippen molar-refractivity contribution in [1.82, 2.24) is 30.0 Å². The largest absolute Gasteiger partial charge is 0.353 e. The van der Waals surface area contributed by atoms with Crippen LogP contribution in [0.25, 0.3) is 5.82 Å². The predicted octanol–water partition coefficient (Wildman–Crippen LogP) is 1.72. The fourth-order valence-electron chi connectivity index (χ4n) is 3.65. The maximum absolute atomic E-state index is 12.3. The summed E-state index contributed by atoms with van der Waals surface area (Å²) in [6, 6.07) is 12.0. The molecule has 156 valence electrons. The van der Waals surface area contributed by atoms with E-state index in [-0.39, 0.29) is 5.91 Å². The van der Waals surface area contributed by atoms with Crippen molar-refractivity contribution >= 4 is 11.7 Å². The third-order valence-corrected chi connectivity index (χ3v) is 5.23. The molecule has 1 fully saturated rings. The Morgan fingerprint density at radius 1 is 1.03 bits per heavy atom. The summed E-state index contributed by atoms with van der Waals surface area (Å²) in [5.74, 6) is 1.62. The molecular weight excluding hydrogens is 378 g/mol. The SMILES string of the molecule is Cc1cc(C)n(-c2cncc(N3CCN(CC(=O)NCc4ccccc4)CC3)n2)n1. The number of carbonyl (C=O) groups excluding carboxylic acids is 1. The Bertz CT molecular complexity index is 994. The third kappa shape index (κ3) is 4.83. The highest BCUT2D eigenvalue weighted by Gasteiger charge is 2.20. The lowest BCUT2D eigenvalue weighted by Crippen LogP contribution is -2.49. The van der Waals surface area contributed by atoms with Crippen LogP contribution < -0.4 is 10.2 Å². The molecule has 0 aliphatic carbocycles. The van der Waals surface area contributed by atoms with E-state index in [1.54, 1.807) is 12.4 Å². The van der Waals surface area contributed by atoms with Crippen molar-refractivity contribution < 1.29 is 4.79 Å². The number of carbonyl (C=O) groups is 1. The van der Waals surface area contributed by atoms with Crippen LogP contribution in [-0.2, 0) is 11.3 Å². The van der Waals surface area contributed by atoms with Gasteiger partial charge in [0.25, 0.3) is 0 Å². The number of hydrogen-bond acceptors (Lipinski definition) is 6. The number of amides is 1. The lowest BCUT2D eigenvalue weighted by Gasteiger charge is -2.34. The minimum Gasteiger partial charge on any atom is -0.353 e. The second-order valence-electron chi connectivity index (χ2n) is 7.60. The van der Waals surface area contributed by atoms with Gasteiger partial charge in [0.1, 0.15) is 5.82 Å². The van der Waals surface area contributed by atoms with Crippen molar-refractivity contribution in [2.75, 3.05) is 37.6 Å². The molecule has 1 amide bonds. The van der Waals surface area contributed by atoms with Crippen LogP contribution in [0.1, 0.15) is 17.0 Å². The Morgan fingerprint density at radius 3 is 2.47 bits per heavy atom. The van der Waals surface area contributed by atoms with E-state index in [0.29, 0.717) is 13.1 Å². The van der Waals surface area contributed by atoms with Crippen LogP contribution in [0.3, 0.4) is 0 Å². The molecule has 8 nitrogen and oxygen atoms in total. The number of aryl methyl sites for hydroxylation is 2. The number of benzene rings is 1. The van der Waals surface area contributed by atoms with Crippen molar-refractivity contribution in [2.45, 2.75) is 20.4 Å². The molecular formula is C22H27N7O. The molecule has 0 bridgehead atoms. The van der Waals surface area contributed by atoms with Gasteiger partial charge in [0.2, 0.25) is 5.91 Å². The van der Waals surface area contributed by atoms with Crippen LogP contribution in [0.4, 0.5) is 5.82 Å². The fourth-order valence-corrected chi connectivity index (χ4v) is 3.65. The molecule has 4 rings (SSSR count). The molecule has 2 aromatic heterocycles. The van der Waals surface area contributed by atoms with Crippen molar-refractivity contribution in [3.8, 4) is 5.82 Å². The van der Waals surface area contributed by atoms with Gasteiger partial charge in [-0.05, 0) is 25.5 Å². The summed E-state index contributed by atoms with van der Waals surface area (Å²) in [5, 5.41) is 7.49. The second kappa shape index (κ2) is 9.04. The van der Waals surface area contributed by atoms with E-state index < -0.39 is 0 Å². The molecule has 0 spiro atoms. The first kappa shape index (κ1) is 20.0. The van der Waals surface area contributed by atoms with Crippen LogP contribution in [0.5, 0.6) is 0 Å². The molecule has 0 saturated carbocycles. The van der Waals surface area contributed by atoms with Gasteiger partial charge in [-0.25, -0.2) is 9.67 Å². The van der Waals surface area contributed by atoms with Gasteiger partial charge < -0.3 is 10.2 Å². The predicted molar refractivity (Wildman–Crippen MR) is 116 cm³/mol. The Balaban J connectivity index is 1.30. The molecule has 3 heterocycles. The van der Waals surface area contributed by atoms with Gasteiger partial charge in [-0.3, -0.25) is 14.7 Å². The lowest BCUT2D eigenvalue weighted by molar-refractivity contribution is -0.122. The number of piperazine rings is 1. The van der Waals surface area contributed by atoms with Crippen molar-refractivity contribution in [2.24, 2.45) is 0 Å². The normalized spacial score (nSPS) is 14.7. The lowest BCUT2D eigenvalue weighted by atomic mass is 10.2. The summed E-state index contributed by atoms with van der Waals surface area (Å²) in [5.41, 5.74) is 3.10. The van der Waals surface area contributed by atoms with Gasteiger partial charge in [-0.1, -0.05) is 30.3 Å². The molecule has 1 aromatic carbocycles. The van der Waals surface area contributed by atoms with Crippen LogP contribution >= 0.6 is 0 Å². The Morgan fingerprint density at radius 2 is 1.77 bits per heavy atom. The highest BCUT2D eigenvalue weighted by atomic mass is 16.2. The van der Waals surface area contributed by atoms with Crippen LogP contribution in [0.2, 0.25) is 0 Å². The van der Waals surface area contributed by atoms with Gasteiger partial charge in [0, 0.05) is 38.4 Å². The van der Waals surface area contributed by atoms with E-state index in [1.807, 2.05) is 54.9 Å². The van der Waals surface area contributed by atoms with Gasteiger partial charge in [-0.2, -0.15) is 5.10 Å². The van der Waals surface area contributed by atoms with Crippen molar-refractivity contribution in [1.29, 1.82) is 0 Å². The van der Waals surface area contributed by atoms with E-state index in [9.17, 15) is 4.79 Å². The number of anilines is 1. The maximum atomic E-state index is 12.3. The third-order valence-electron chi connectivity index (χ3n) is 5.23. The van der Waals surface area contributed by atoms with E-state index in [1.165, 1.54) is 0 Å². The summed E-state index contributed by atoms with van der Waals surface area (Å²) in [6.45, 7) is 8.19. The van der Waals surface area contributed by atoms with Crippen LogP contribution in [0.15, 0.2) is 48.8 Å². The molecule has 0 unspecified atom stereocenters. The van der Waals surface area contributed by atoms with Gasteiger partial charge in [0.05, 0.1) is 24.6 Å². The quantitative estimate of drug-likeness (QED) is 0.673. The van der Waals surface area contributed by atoms with Crippen molar-refractivity contribution in [3.05, 3.63) is 65.7 Å². The van der Waals surface area contributed by atoms with E-state index >= 15 is 0 Å². The second-order valence-corrected chi connectivity index (χ2v) is 7.60. The number of rotatable bonds is 6. The van der Waals surface area contributed by atoms with Gasteiger partial charge in [-0.15, -0.1) is 0 Å². The number of aromatic nitrogens is 4. The number of hydrogen-bond donors (Lipinski definition) is 1. The molecule has 0 radical (unpaired) electrons. The molecule has 3 aromatic rings. The first-order valence-corrected chi connectivity index (χ1v) is 10.2. The summed E-state index contributed by atoms with van der Waals surface area (Å²) in [7, 11) is 0. The average molecular weight is 406 g/mol. The average Bonchev–Trinajstić information content (AvgIpc) is 3.11.